The van der Waals surface area contributed by atoms with Crippen molar-refractivity contribution >= 4 is 7.60 Å². The van der Waals surface area contributed by atoms with Crippen LogP contribution in [0.15, 0.2) is 0 Å². The van der Waals surface area contributed by atoms with Gasteiger partial charge in [0, 0.05) is 6.66 Å². The van der Waals surface area contributed by atoms with Crippen molar-refractivity contribution in [1.29, 1.82) is 0 Å². The molecule has 0 amide bonds. The van der Waals surface area contributed by atoms with Crippen LogP contribution in [0.5, 0.6) is 0 Å². The van der Waals surface area contributed by atoms with E-state index < -0.39 is 14.1 Å². The predicted molar refractivity (Wildman–Crippen MR) is 25.1 cm³/mol. The first-order chi connectivity index (χ1) is 3.42. The van der Waals surface area contributed by atoms with Crippen molar-refractivity contribution in [3.8, 4) is 0 Å². The molecule has 1 unspecified atom stereocenters. The maximum Gasteiger partial charge on any atom is 0.329 e. The Hall–Kier alpha value is 0.0700. The fourth-order valence-electron chi connectivity index (χ4n) is 0.175. The van der Waals surface area contributed by atoms with Gasteiger partial charge in [0.15, 0.2) is 0 Å². The Morgan fingerprint density at radius 2 is 2.00 bits per heavy atom. The second-order valence-electron chi connectivity index (χ2n) is 1.23. The van der Waals surface area contributed by atoms with Gasteiger partial charge < -0.3 is 15.1 Å². The lowest BCUT2D eigenvalue weighted by atomic mass is 11.4. The molecule has 0 heterocycles. The third kappa shape index (κ3) is 6.07. The molecule has 0 rings (SSSR count). The maximum absolute atomic E-state index is 10.0. The van der Waals surface area contributed by atoms with E-state index in [1.54, 1.807) is 0 Å². The summed E-state index contributed by atoms with van der Waals surface area (Å²) < 4.78 is 13.7. The van der Waals surface area contributed by atoms with Crippen LogP contribution in [-0.4, -0.2) is 28.2 Å². The summed E-state index contributed by atoms with van der Waals surface area (Å²) in [5.41, 5.74) is 0. The predicted octanol–water partition coefficient (Wildman–Crippen LogP) is -0.914. The first kappa shape index (κ1) is 8.07. The molecule has 6 heteroatoms. The Morgan fingerprint density at radius 1 is 1.62 bits per heavy atom. The summed E-state index contributed by atoms with van der Waals surface area (Å²) in [7, 11) is -3.72. The molecule has 5 nitrogen and oxygen atoms in total. The molecule has 0 saturated heterocycles. The van der Waals surface area contributed by atoms with E-state index in [1.165, 1.54) is 0 Å². The molecule has 0 aliphatic heterocycles. The summed E-state index contributed by atoms with van der Waals surface area (Å²) in [4.78, 5) is 8.20. The van der Waals surface area contributed by atoms with Crippen LogP contribution in [0, 0.1) is 0 Å². The van der Waals surface area contributed by atoms with E-state index in [9.17, 15) is 4.57 Å². The summed E-state index contributed by atoms with van der Waals surface area (Å²) in [5.74, 6) is 0. The highest BCUT2D eigenvalue weighted by Gasteiger charge is 2.13. The molecule has 0 radical (unpaired) electrons. The van der Waals surface area contributed by atoms with Crippen molar-refractivity contribution in [2.75, 3.05) is 6.66 Å². The second kappa shape index (κ2) is 2.57. The summed E-state index contributed by atoms with van der Waals surface area (Å²) in [5, 5.41) is 15.8. The van der Waals surface area contributed by atoms with Crippen LogP contribution in [0.4, 0.5) is 0 Å². The molecule has 0 saturated carbocycles. The summed E-state index contributed by atoms with van der Waals surface area (Å²) >= 11 is 0. The molecule has 0 aromatic carbocycles. The summed E-state index contributed by atoms with van der Waals surface area (Å²) in [6, 6.07) is 0. The van der Waals surface area contributed by atoms with Crippen LogP contribution < -0.4 is 0 Å². The van der Waals surface area contributed by atoms with Gasteiger partial charge in [0.2, 0.25) is 0 Å². The summed E-state index contributed by atoms with van der Waals surface area (Å²) in [6.45, 7) is -1.32. The van der Waals surface area contributed by atoms with Crippen molar-refractivity contribution < 1.29 is 24.2 Å². The molecular weight excluding hydrogens is 135 g/mol. The lowest BCUT2D eigenvalue weighted by Crippen LogP contribution is -2.06. The lowest BCUT2D eigenvalue weighted by Gasteiger charge is -2.06. The minimum absolute atomic E-state index is 0.854. The van der Waals surface area contributed by atoms with E-state index in [2.05, 4.69) is 4.52 Å². The van der Waals surface area contributed by atoms with Gasteiger partial charge in [0.25, 0.3) is 6.48 Å². The molecule has 0 fully saturated rings. The molecule has 0 aliphatic carbocycles. The van der Waals surface area contributed by atoms with E-state index in [4.69, 9.17) is 15.1 Å². The topological polar surface area (TPSA) is 87.0 Å². The van der Waals surface area contributed by atoms with Crippen molar-refractivity contribution in [3.05, 3.63) is 0 Å². The highest BCUT2D eigenvalue weighted by Crippen LogP contribution is 2.36. The fourth-order valence-corrected chi connectivity index (χ4v) is 0.525. The van der Waals surface area contributed by atoms with Gasteiger partial charge in [-0.15, -0.1) is 0 Å². The van der Waals surface area contributed by atoms with Crippen molar-refractivity contribution in [2.24, 2.45) is 0 Å². The number of hydrogen-bond acceptors (Lipinski definition) is 4. The molecule has 0 bridgehead atoms. The second-order valence-corrected chi connectivity index (χ2v) is 3.05. The van der Waals surface area contributed by atoms with Gasteiger partial charge in [-0.05, 0) is 0 Å². The van der Waals surface area contributed by atoms with Gasteiger partial charge in [-0.3, -0.25) is 9.09 Å². The van der Waals surface area contributed by atoms with Gasteiger partial charge in [-0.2, -0.15) is 0 Å². The standard InChI is InChI=1S/C2H7O5P/c1-8(5,6)7-2(3)4/h2-4H,1H3,(H,5,6). The van der Waals surface area contributed by atoms with E-state index in [0.29, 0.717) is 0 Å². The molecule has 0 spiro atoms. The normalized spacial score (nSPS) is 18.6. The number of aliphatic hydroxyl groups excluding tert-OH is 1. The van der Waals surface area contributed by atoms with Gasteiger partial charge in [-0.1, -0.05) is 0 Å². The Balaban J connectivity index is 3.56. The quantitative estimate of drug-likeness (QED) is 0.343. The zero-order valence-corrected chi connectivity index (χ0v) is 5.08. The zero-order valence-electron chi connectivity index (χ0n) is 4.18. The SMILES string of the molecule is CP(=O)(O)OC(O)O. The third-order valence-electron chi connectivity index (χ3n) is 0.290. The molecule has 3 N–H and O–H groups in total. The first-order valence-corrected chi connectivity index (χ1v) is 3.79. The van der Waals surface area contributed by atoms with Gasteiger partial charge in [0.05, 0.1) is 0 Å². The Labute approximate surface area is 46.1 Å². The molecule has 0 aliphatic rings. The van der Waals surface area contributed by atoms with Crippen LogP contribution in [-0.2, 0) is 9.09 Å². The Kier molecular flexibility index (Phi) is 2.59. The minimum Gasteiger partial charge on any atom is -0.346 e. The van der Waals surface area contributed by atoms with E-state index >= 15 is 0 Å². The number of hydrogen-bond donors (Lipinski definition) is 3. The smallest absolute Gasteiger partial charge is 0.329 e. The minimum atomic E-state index is -3.72. The van der Waals surface area contributed by atoms with Crippen LogP contribution in [0.2, 0.25) is 0 Å². The van der Waals surface area contributed by atoms with Crippen LogP contribution in [0.1, 0.15) is 0 Å². The Bertz CT molecular complexity index is 103. The van der Waals surface area contributed by atoms with E-state index in [1.807, 2.05) is 0 Å². The molecule has 0 aromatic heterocycles. The average molecular weight is 142 g/mol. The maximum atomic E-state index is 10.0. The highest BCUT2D eigenvalue weighted by molar-refractivity contribution is 7.51. The third-order valence-corrected chi connectivity index (χ3v) is 0.870. The zero-order chi connectivity index (χ0) is 6.78. The van der Waals surface area contributed by atoms with E-state index in [-0.39, 0.29) is 0 Å². The molecule has 8 heavy (non-hydrogen) atoms. The molecule has 1 atom stereocenters. The largest absolute Gasteiger partial charge is 0.346 e. The fraction of sp³-hybridized carbons (Fsp3) is 1.00. The highest BCUT2D eigenvalue weighted by atomic mass is 31.2. The van der Waals surface area contributed by atoms with Crippen LogP contribution >= 0.6 is 7.60 Å². The van der Waals surface area contributed by atoms with Gasteiger partial charge in [-0.25, -0.2) is 0 Å². The first-order valence-electron chi connectivity index (χ1n) is 1.76. The van der Waals surface area contributed by atoms with Crippen LogP contribution in [0.25, 0.3) is 0 Å². The van der Waals surface area contributed by atoms with E-state index in [0.717, 1.165) is 6.66 Å². The molecule has 0 aromatic rings. The van der Waals surface area contributed by atoms with Crippen molar-refractivity contribution in [3.63, 3.8) is 0 Å². The van der Waals surface area contributed by atoms with Gasteiger partial charge in [0.1, 0.15) is 0 Å². The van der Waals surface area contributed by atoms with Crippen LogP contribution in [0.3, 0.4) is 0 Å². The molecule has 50 valence electrons. The number of rotatable bonds is 2. The Morgan fingerprint density at radius 3 is 2.00 bits per heavy atom. The summed E-state index contributed by atoms with van der Waals surface area (Å²) in [6.07, 6.45) is 0. The molecular formula is C2H7O5P. The average Bonchev–Trinajstić information content (AvgIpc) is 1.21. The van der Waals surface area contributed by atoms with Crippen molar-refractivity contribution in [2.45, 2.75) is 6.48 Å². The van der Waals surface area contributed by atoms with Crippen molar-refractivity contribution in [1.82, 2.24) is 0 Å². The van der Waals surface area contributed by atoms with Gasteiger partial charge >= 0.3 is 7.60 Å². The lowest BCUT2D eigenvalue weighted by molar-refractivity contribution is -0.182. The number of aliphatic hydroxyl groups is 2. The monoisotopic (exact) mass is 142 g/mol.